The molecule has 0 atom stereocenters. The molecule has 0 spiro atoms. The average Bonchev–Trinajstić information content (AvgIpc) is 2.35. The summed E-state index contributed by atoms with van der Waals surface area (Å²) >= 11 is 0. The van der Waals surface area contributed by atoms with E-state index in [9.17, 15) is 13.6 Å². The number of carbonyl (C=O) groups excluding carboxylic acids is 1. The molecule has 1 aromatic rings. The van der Waals surface area contributed by atoms with Crippen molar-refractivity contribution in [3.8, 4) is 6.07 Å². The summed E-state index contributed by atoms with van der Waals surface area (Å²) in [4.78, 5) is 14.9. The van der Waals surface area contributed by atoms with Gasteiger partial charge in [0.1, 0.15) is 11.8 Å². The minimum Gasteiger partial charge on any atom is -0.465 e. The monoisotopic (exact) mass is 241 g/mol. The van der Waals surface area contributed by atoms with E-state index in [0.717, 1.165) is 13.3 Å². The van der Waals surface area contributed by atoms with Gasteiger partial charge in [-0.2, -0.15) is 5.26 Å². The summed E-state index contributed by atoms with van der Waals surface area (Å²) < 4.78 is 30.1. The van der Waals surface area contributed by atoms with Gasteiger partial charge in [-0.25, -0.2) is 18.6 Å². The van der Waals surface area contributed by atoms with Crippen molar-refractivity contribution in [2.24, 2.45) is 5.73 Å². The van der Waals surface area contributed by atoms with Crippen LogP contribution >= 0.6 is 0 Å². The first kappa shape index (κ1) is 13.0. The predicted octanol–water partition coefficient (Wildman–Crippen LogP) is 1.14. The van der Waals surface area contributed by atoms with Crippen molar-refractivity contribution in [1.29, 1.82) is 5.26 Å². The minimum atomic E-state index is -2.93. The Bertz CT molecular complexity index is 483. The Balaban J connectivity index is 3.54. The van der Waals surface area contributed by atoms with Crippen molar-refractivity contribution in [3.05, 3.63) is 28.6 Å². The number of carbonyl (C=O) groups is 1. The van der Waals surface area contributed by atoms with E-state index in [1.807, 2.05) is 0 Å². The van der Waals surface area contributed by atoms with E-state index in [1.54, 1.807) is 6.07 Å². The quantitative estimate of drug-likeness (QED) is 0.801. The topological polar surface area (TPSA) is 89.0 Å². The Labute approximate surface area is 95.8 Å². The molecule has 5 nitrogen and oxygen atoms in total. The maximum atomic E-state index is 12.9. The molecule has 1 heterocycles. The predicted molar refractivity (Wildman–Crippen MR) is 53.1 cm³/mol. The number of nitriles is 1. The van der Waals surface area contributed by atoms with Gasteiger partial charge < -0.3 is 10.5 Å². The highest BCUT2D eigenvalue weighted by Crippen LogP contribution is 2.28. The lowest BCUT2D eigenvalue weighted by Crippen LogP contribution is -2.14. The smallest absolute Gasteiger partial charge is 0.339 e. The van der Waals surface area contributed by atoms with Crippen LogP contribution in [0.5, 0.6) is 0 Å². The van der Waals surface area contributed by atoms with Crippen LogP contribution in [-0.4, -0.2) is 18.1 Å². The molecule has 0 aromatic carbocycles. The third-order valence-electron chi connectivity index (χ3n) is 2.16. The molecular formula is C10H9F2N3O2. The second kappa shape index (κ2) is 5.32. The number of ether oxygens (including phenoxy) is 1. The number of aromatic nitrogens is 1. The summed E-state index contributed by atoms with van der Waals surface area (Å²) in [7, 11) is 1.07. The molecule has 0 amide bonds. The van der Waals surface area contributed by atoms with E-state index >= 15 is 0 Å². The summed E-state index contributed by atoms with van der Waals surface area (Å²) in [5.74, 6) is -0.938. The highest BCUT2D eigenvalue weighted by atomic mass is 19.3. The Morgan fingerprint density at radius 3 is 2.76 bits per heavy atom. The van der Waals surface area contributed by atoms with E-state index < -0.39 is 18.0 Å². The number of methoxy groups -OCH3 is 1. The van der Waals surface area contributed by atoms with Crippen molar-refractivity contribution in [2.75, 3.05) is 7.11 Å². The second-order valence-electron chi connectivity index (χ2n) is 3.02. The van der Waals surface area contributed by atoms with Crippen LogP contribution in [0.15, 0.2) is 6.20 Å². The number of nitrogens with zero attached hydrogens (tertiary/aromatic N) is 2. The van der Waals surface area contributed by atoms with E-state index in [1.165, 1.54) is 0 Å². The largest absolute Gasteiger partial charge is 0.465 e. The number of rotatable bonds is 3. The summed E-state index contributed by atoms with van der Waals surface area (Å²) in [6, 6.07) is 1.65. The van der Waals surface area contributed by atoms with E-state index in [4.69, 9.17) is 11.0 Å². The average molecular weight is 241 g/mol. The van der Waals surface area contributed by atoms with Gasteiger partial charge in [0.15, 0.2) is 0 Å². The zero-order valence-corrected chi connectivity index (χ0v) is 8.91. The van der Waals surface area contributed by atoms with Crippen LogP contribution in [0.3, 0.4) is 0 Å². The first-order chi connectivity index (χ1) is 8.06. The molecule has 0 saturated heterocycles. The van der Waals surface area contributed by atoms with Gasteiger partial charge >= 0.3 is 5.97 Å². The molecule has 0 bridgehead atoms. The number of halogens is 2. The third-order valence-corrected chi connectivity index (χ3v) is 2.16. The molecule has 0 aliphatic heterocycles. The van der Waals surface area contributed by atoms with Crippen LogP contribution in [0.1, 0.15) is 33.6 Å². The molecule has 0 aliphatic rings. The van der Waals surface area contributed by atoms with Gasteiger partial charge in [-0.3, -0.25) is 0 Å². The maximum Gasteiger partial charge on any atom is 0.339 e. The standard InChI is InChI=1S/C10H9F2N3O2/c1-17-10(16)6-4-15-7(3-14)5(2-13)8(6)9(11)12/h4,9H,2,13H2,1H3. The lowest BCUT2D eigenvalue weighted by atomic mass is 10.0. The molecule has 2 N–H and O–H groups in total. The van der Waals surface area contributed by atoms with Crippen LogP contribution in [0, 0.1) is 11.3 Å². The van der Waals surface area contributed by atoms with E-state index in [0.29, 0.717) is 0 Å². The summed E-state index contributed by atoms with van der Waals surface area (Å²) in [6.45, 7) is -0.305. The van der Waals surface area contributed by atoms with Gasteiger partial charge in [-0.15, -0.1) is 0 Å². The fourth-order valence-electron chi connectivity index (χ4n) is 1.39. The van der Waals surface area contributed by atoms with Gasteiger partial charge in [-0.1, -0.05) is 0 Å². The number of pyridine rings is 1. The molecule has 0 unspecified atom stereocenters. The molecule has 0 aliphatic carbocycles. The van der Waals surface area contributed by atoms with Crippen LogP contribution in [-0.2, 0) is 11.3 Å². The Morgan fingerprint density at radius 2 is 2.35 bits per heavy atom. The maximum absolute atomic E-state index is 12.9. The molecule has 1 rings (SSSR count). The fourth-order valence-corrected chi connectivity index (χ4v) is 1.39. The normalized spacial score (nSPS) is 10.1. The number of alkyl halides is 2. The van der Waals surface area contributed by atoms with E-state index in [2.05, 4.69) is 9.72 Å². The van der Waals surface area contributed by atoms with Gasteiger partial charge in [0.25, 0.3) is 6.43 Å². The lowest BCUT2D eigenvalue weighted by Gasteiger charge is -2.12. The van der Waals surface area contributed by atoms with Gasteiger partial charge in [0, 0.05) is 23.9 Å². The second-order valence-corrected chi connectivity index (χ2v) is 3.02. The molecule has 90 valence electrons. The van der Waals surface area contributed by atoms with Crippen molar-refractivity contribution in [2.45, 2.75) is 13.0 Å². The van der Waals surface area contributed by atoms with Crippen molar-refractivity contribution >= 4 is 5.97 Å². The van der Waals surface area contributed by atoms with E-state index in [-0.39, 0.29) is 23.4 Å². The number of hydrogen-bond acceptors (Lipinski definition) is 5. The Hall–Kier alpha value is -2.07. The van der Waals surface area contributed by atoms with Crippen LogP contribution in [0.4, 0.5) is 8.78 Å². The number of hydrogen-bond donors (Lipinski definition) is 1. The first-order valence-corrected chi connectivity index (χ1v) is 4.55. The van der Waals surface area contributed by atoms with Crippen LogP contribution in [0.25, 0.3) is 0 Å². The van der Waals surface area contributed by atoms with Crippen molar-refractivity contribution in [1.82, 2.24) is 4.98 Å². The molecule has 0 fully saturated rings. The summed E-state index contributed by atoms with van der Waals surface area (Å²) in [5.41, 5.74) is 3.99. The van der Waals surface area contributed by atoms with Crippen LogP contribution < -0.4 is 5.73 Å². The third kappa shape index (κ3) is 2.37. The molecule has 1 aromatic heterocycles. The zero-order chi connectivity index (χ0) is 13.0. The SMILES string of the molecule is COC(=O)c1cnc(C#N)c(CN)c1C(F)F. The lowest BCUT2D eigenvalue weighted by molar-refractivity contribution is 0.0588. The highest BCUT2D eigenvalue weighted by molar-refractivity contribution is 5.91. The minimum absolute atomic E-state index is 0.134. The van der Waals surface area contributed by atoms with Crippen molar-refractivity contribution < 1.29 is 18.3 Å². The molecule has 7 heteroatoms. The number of esters is 1. The molecule has 0 saturated carbocycles. The summed E-state index contributed by atoms with van der Waals surface area (Å²) in [5, 5.41) is 8.71. The first-order valence-electron chi connectivity index (χ1n) is 4.55. The highest BCUT2D eigenvalue weighted by Gasteiger charge is 2.25. The van der Waals surface area contributed by atoms with Gasteiger partial charge in [0.2, 0.25) is 0 Å². The molecule has 17 heavy (non-hydrogen) atoms. The summed E-state index contributed by atoms with van der Waals surface area (Å²) in [6.07, 6.45) is -2.04. The fraction of sp³-hybridized carbons (Fsp3) is 0.300. The Kier molecular flexibility index (Phi) is 4.06. The van der Waals surface area contributed by atoms with Gasteiger partial charge in [-0.05, 0) is 0 Å². The van der Waals surface area contributed by atoms with Crippen LogP contribution in [0.2, 0.25) is 0 Å². The molecular weight excluding hydrogens is 232 g/mol. The zero-order valence-electron chi connectivity index (χ0n) is 8.91. The molecule has 0 radical (unpaired) electrons. The van der Waals surface area contributed by atoms with Gasteiger partial charge in [0.05, 0.1) is 12.7 Å². The van der Waals surface area contributed by atoms with Crippen molar-refractivity contribution in [3.63, 3.8) is 0 Å². The number of nitrogens with two attached hydrogens (primary N) is 1. The Morgan fingerprint density at radius 1 is 1.71 bits per heavy atom.